The molecule has 0 aromatic rings. The Morgan fingerprint density at radius 3 is 1.67 bits per heavy atom. The van der Waals surface area contributed by atoms with Gasteiger partial charge in [-0.1, -0.05) is 55.4 Å². The molecule has 0 spiro atoms. The van der Waals surface area contributed by atoms with Crippen molar-refractivity contribution in [3.63, 3.8) is 0 Å². The number of thiol groups is 1. The molecule has 0 saturated heterocycles. The van der Waals surface area contributed by atoms with E-state index in [1.54, 1.807) is 0 Å². The molecule has 0 bridgehead atoms. The summed E-state index contributed by atoms with van der Waals surface area (Å²) in [6.07, 6.45) is 1.55. The maximum absolute atomic E-state index is 12.7. The highest BCUT2D eigenvalue weighted by Gasteiger charge is 2.39. The SMILES string of the molecule is CC(C)(C)CC(C(=O)OC(C)(C)CC(C)(C)S)C(C)(C)C. The topological polar surface area (TPSA) is 26.3 Å². The van der Waals surface area contributed by atoms with E-state index in [2.05, 4.69) is 54.2 Å². The zero-order chi connectivity index (χ0) is 17.3. The maximum Gasteiger partial charge on any atom is 0.310 e. The Balaban J connectivity index is 5.08. The van der Waals surface area contributed by atoms with Crippen LogP contribution in [-0.2, 0) is 9.53 Å². The highest BCUT2D eigenvalue weighted by atomic mass is 32.1. The summed E-state index contributed by atoms with van der Waals surface area (Å²) >= 11 is 4.56. The molecule has 0 aliphatic rings. The summed E-state index contributed by atoms with van der Waals surface area (Å²) in [5.41, 5.74) is -0.495. The molecule has 21 heavy (non-hydrogen) atoms. The van der Waals surface area contributed by atoms with Gasteiger partial charge in [0.05, 0.1) is 5.92 Å². The highest BCUT2D eigenvalue weighted by Crippen LogP contribution is 2.38. The third kappa shape index (κ3) is 9.44. The van der Waals surface area contributed by atoms with Gasteiger partial charge in [-0.05, 0) is 31.1 Å². The van der Waals surface area contributed by atoms with Crippen LogP contribution in [0, 0.1) is 16.7 Å². The Hall–Kier alpha value is -0.180. The number of hydrogen-bond acceptors (Lipinski definition) is 3. The van der Waals surface area contributed by atoms with Crippen LogP contribution in [0.5, 0.6) is 0 Å². The molecule has 0 saturated carbocycles. The van der Waals surface area contributed by atoms with E-state index < -0.39 is 5.60 Å². The van der Waals surface area contributed by atoms with E-state index in [4.69, 9.17) is 4.74 Å². The zero-order valence-corrected chi connectivity index (χ0v) is 16.6. The van der Waals surface area contributed by atoms with E-state index in [0.717, 1.165) is 12.8 Å². The quantitative estimate of drug-likeness (QED) is 0.535. The zero-order valence-electron chi connectivity index (χ0n) is 15.8. The maximum atomic E-state index is 12.7. The first-order chi connectivity index (χ1) is 8.93. The summed E-state index contributed by atoms with van der Waals surface area (Å²) in [6.45, 7) is 20.9. The third-order valence-electron chi connectivity index (χ3n) is 3.38. The lowest BCUT2D eigenvalue weighted by Gasteiger charge is -2.38. The molecular weight excluding hydrogens is 280 g/mol. The van der Waals surface area contributed by atoms with Crippen LogP contribution in [-0.4, -0.2) is 16.3 Å². The Bertz CT molecular complexity index is 351. The van der Waals surface area contributed by atoms with Crippen molar-refractivity contribution < 1.29 is 9.53 Å². The van der Waals surface area contributed by atoms with Crippen LogP contribution in [0.2, 0.25) is 0 Å². The van der Waals surface area contributed by atoms with Gasteiger partial charge in [-0.3, -0.25) is 4.79 Å². The Morgan fingerprint density at radius 2 is 1.38 bits per heavy atom. The van der Waals surface area contributed by atoms with Crippen LogP contribution in [0.4, 0.5) is 0 Å². The fourth-order valence-electron chi connectivity index (χ4n) is 2.78. The van der Waals surface area contributed by atoms with E-state index >= 15 is 0 Å². The Morgan fingerprint density at radius 1 is 0.952 bits per heavy atom. The molecule has 1 atom stereocenters. The molecule has 0 aromatic carbocycles. The monoisotopic (exact) mass is 316 g/mol. The summed E-state index contributed by atoms with van der Waals surface area (Å²) in [5, 5.41) is 0. The van der Waals surface area contributed by atoms with Gasteiger partial charge in [0.15, 0.2) is 0 Å². The van der Waals surface area contributed by atoms with E-state index in [1.165, 1.54) is 0 Å². The molecule has 0 amide bonds. The lowest BCUT2D eigenvalue weighted by atomic mass is 9.72. The minimum Gasteiger partial charge on any atom is -0.459 e. The molecule has 3 heteroatoms. The van der Waals surface area contributed by atoms with Crippen LogP contribution in [0.15, 0.2) is 0 Å². The van der Waals surface area contributed by atoms with Crippen molar-refractivity contribution in [2.45, 2.75) is 92.4 Å². The van der Waals surface area contributed by atoms with E-state index in [0.29, 0.717) is 0 Å². The van der Waals surface area contributed by atoms with Gasteiger partial charge < -0.3 is 4.74 Å². The van der Waals surface area contributed by atoms with E-state index in [9.17, 15) is 4.79 Å². The molecule has 2 nitrogen and oxygen atoms in total. The third-order valence-corrected chi connectivity index (χ3v) is 3.54. The summed E-state index contributed by atoms with van der Waals surface area (Å²) in [5.74, 6) is -0.181. The van der Waals surface area contributed by atoms with Crippen LogP contribution < -0.4 is 0 Å². The smallest absolute Gasteiger partial charge is 0.310 e. The fourth-order valence-corrected chi connectivity index (χ4v) is 3.16. The summed E-state index contributed by atoms with van der Waals surface area (Å²) in [7, 11) is 0. The number of ether oxygens (including phenoxy) is 1. The van der Waals surface area contributed by atoms with Gasteiger partial charge in [-0.2, -0.15) is 12.6 Å². The van der Waals surface area contributed by atoms with E-state index in [1.807, 2.05) is 27.7 Å². The van der Waals surface area contributed by atoms with Crippen molar-refractivity contribution in [2.24, 2.45) is 16.7 Å². The second kappa shape index (κ2) is 6.52. The predicted molar refractivity (Wildman–Crippen MR) is 94.9 cm³/mol. The minimum atomic E-state index is -0.496. The normalized spacial score (nSPS) is 15.8. The van der Waals surface area contributed by atoms with Gasteiger partial charge in [0, 0.05) is 11.2 Å². The molecule has 0 aliphatic heterocycles. The molecule has 0 fully saturated rings. The van der Waals surface area contributed by atoms with Crippen molar-refractivity contribution in [3.8, 4) is 0 Å². The number of rotatable bonds is 5. The average Bonchev–Trinajstić information content (AvgIpc) is 2.05. The minimum absolute atomic E-state index is 0.0833. The Kier molecular flexibility index (Phi) is 6.46. The molecule has 0 radical (unpaired) electrons. The molecule has 0 aromatic heterocycles. The molecule has 0 rings (SSSR count). The van der Waals surface area contributed by atoms with Crippen LogP contribution >= 0.6 is 12.6 Å². The van der Waals surface area contributed by atoms with Crippen LogP contribution in [0.1, 0.15) is 82.1 Å². The summed E-state index contributed by atoms with van der Waals surface area (Å²) < 4.78 is 5.70. The first-order valence-electron chi connectivity index (χ1n) is 7.88. The molecule has 1 unspecified atom stereocenters. The standard InChI is InChI=1S/C18H36O2S/c1-15(2,3)11-13(16(4,5)6)14(19)20-17(7,8)12-18(9,10)21/h13,21H,11-12H2,1-10H3. The number of carbonyl (C=O) groups is 1. The van der Waals surface area contributed by atoms with Gasteiger partial charge in [0.2, 0.25) is 0 Å². The highest BCUT2D eigenvalue weighted by molar-refractivity contribution is 7.81. The predicted octanol–water partition coefficient (Wildman–Crippen LogP) is 5.51. The van der Waals surface area contributed by atoms with Gasteiger partial charge >= 0.3 is 5.97 Å². The van der Waals surface area contributed by atoms with Crippen LogP contribution in [0.3, 0.4) is 0 Å². The van der Waals surface area contributed by atoms with Gasteiger partial charge in [-0.25, -0.2) is 0 Å². The number of hydrogen-bond donors (Lipinski definition) is 1. The van der Waals surface area contributed by atoms with Crippen molar-refractivity contribution in [2.75, 3.05) is 0 Å². The van der Waals surface area contributed by atoms with Gasteiger partial charge in [0.1, 0.15) is 5.60 Å². The van der Waals surface area contributed by atoms with Crippen molar-refractivity contribution in [1.29, 1.82) is 0 Å². The molecular formula is C18H36O2S. The summed E-state index contributed by atoms with van der Waals surface area (Å²) in [4.78, 5) is 12.7. The van der Waals surface area contributed by atoms with Crippen molar-refractivity contribution in [3.05, 3.63) is 0 Å². The molecule has 126 valence electrons. The van der Waals surface area contributed by atoms with Gasteiger partial charge in [-0.15, -0.1) is 0 Å². The lowest BCUT2D eigenvalue weighted by Crippen LogP contribution is -2.40. The average molecular weight is 317 g/mol. The summed E-state index contributed by atoms with van der Waals surface area (Å²) in [6, 6.07) is 0. The molecule has 0 heterocycles. The second-order valence-corrected chi connectivity index (χ2v) is 11.1. The Labute approximate surface area is 137 Å². The fraction of sp³-hybridized carbons (Fsp3) is 0.944. The van der Waals surface area contributed by atoms with E-state index in [-0.39, 0.29) is 27.5 Å². The van der Waals surface area contributed by atoms with Crippen LogP contribution in [0.25, 0.3) is 0 Å². The number of esters is 1. The molecule has 0 N–H and O–H groups in total. The second-order valence-electron chi connectivity index (χ2n) is 9.85. The van der Waals surface area contributed by atoms with Gasteiger partial charge in [0.25, 0.3) is 0 Å². The van der Waals surface area contributed by atoms with Crippen molar-refractivity contribution in [1.82, 2.24) is 0 Å². The largest absolute Gasteiger partial charge is 0.459 e. The first kappa shape index (κ1) is 20.8. The number of carbonyl (C=O) groups excluding carboxylic acids is 1. The molecule has 0 aliphatic carbocycles. The first-order valence-corrected chi connectivity index (χ1v) is 8.33. The van der Waals surface area contributed by atoms with Crippen molar-refractivity contribution >= 4 is 18.6 Å². The lowest BCUT2D eigenvalue weighted by molar-refractivity contribution is -0.168.